The quantitative estimate of drug-likeness (QED) is 0.358. The van der Waals surface area contributed by atoms with Crippen molar-refractivity contribution in [2.24, 2.45) is 5.92 Å². The van der Waals surface area contributed by atoms with Gasteiger partial charge >= 0.3 is 0 Å². The summed E-state index contributed by atoms with van der Waals surface area (Å²) in [6, 6.07) is 0. The van der Waals surface area contributed by atoms with Gasteiger partial charge in [0.05, 0.1) is 7.11 Å². The van der Waals surface area contributed by atoms with Crippen LogP contribution >= 0.6 is 0 Å². The molecule has 0 saturated carbocycles. The van der Waals surface area contributed by atoms with Crippen molar-refractivity contribution in [2.75, 3.05) is 14.2 Å². The van der Waals surface area contributed by atoms with Crippen molar-refractivity contribution >= 4 is 14.2 Å². The van der Waals surface area contributed by atoms with Crippen LogP contribution in [0.2, 0.25) is 18.1 Å². The topological polar surface area (TPSA) is 38.8 Å². The van der Waals surface area contributed by atoms with Crippen LogP contribution < -0.4 is 0 Å². The maximum Gasteiger partial charge on any atom is 0.248 e. The van der Waals surface area contributed by atoms with E-state index in [0.717, 1.165) is 12.8 Å². The van der Waals surface area contributed by atoms with E-state index in [9.17, 15) is 4.79 Å². The molecular weight excluding hydrogens is 294 g/mol. The van der Waals surface area contributed by atoms with Gasteiger partial charge in [0.2, 0.25) is 5.91 Å². The average molecular weight is 330 g/mol. The Hall–Kier alpha value is -0.653. The maximum atomic E-state index is 12.2. The van der Waals surface area contributed by atoms with E-state index in [2.05, 4.69) is 40.4 Å². The zero-order valence-electron chi connectivity index (χ0n) is 15.7. The van der Waals surface area contributed by atoms with Crippen molar-refractivity contribution in [2.45, 2.75) is 71.2 Å². The molecule has 0 heterocycles. The molecule has 5 heteroatoms. The summed E-state index contributed by atoms with van der Waals surface area (Å²) in [6.07, 6.45) is 4.52. The Morgan fingerprint density at radius 2 is 1.91 bits per heavy atom. The summed E-state index contributed by atoms with van der Waals surface area (Å²) in [5.41, 5.74) is 0. The molecule has 0 N–H and O–H groups in total. The van der Waals surface area contributed by atoms with Crippen LogP contribution in [0.25, 0.3) is 0 Å². The summed E-state index contributed by atoms with van der Waals surface area (Å²) >= 11 is 0. The molecule has 2 unspecified atom stereocenters. The van der Waals surface area contributed by atoms with Gasteiger partial charge in [-0.2, -0.15) is 0 Å². The summed E-state index contributed by atoms with van der Waals surface area (Å²) < 4.78 is 6.52. The molecule has 0 bridgehead atoms. The number of amides is 1. The van der Waals surface area contributed by atoms with E-state index in [0.29, 0.717) is 6.42 Å². The fraction of sp³-hybridized carbons (Fsp3) is 0.824. The first-order chi connectivity index (χ1) is 9.96. The first-order valence-electron chi connectivity index (χ1n) is 8.06. The standard InChI is InChI=1S/C17H35NO3Si/c1-10-11-12-15(21-22(8,9)17(3,4)5)13-14(2)16(19)18(6)20-7/h10,14-15H,1,11-13H2,2-9H3. The second kappa shape index (κ2) is 8.84. The summed E-state index contributed by atoms with van der Waals surface area (Å²) in [7, 11) is 1.31. The minimum atomic E-state index is -1.85. The fourth-order valence-corrected chi connectivity index (χ4v) is 3.42. The Morgan fingerprint density at radius 1 is 1.36 bits per heavy atom. The molecule has 0 saturated heterocycles. The first kappa shape index (κ1) is 21.3. The number of hydrogen-bond acceptors (Lipinski definition) is 3. The number of rotatable bonds is 9. The normalized spacial score (nSPS) is 15.3. The van der Waals surface area contributed by atoms with Crippen LogP contribution in [0, 0.1) is 5.92 Å². The van der Waals surface area contributed by atoms with Crippen LogP contribution in [-0.2, 0) is 14.1 Å². The smallest absolute Gasteiger partial charge is 0.248 e. The Balaban J connectivity index is 4.92. The fourth-order valence-electron chi connectivity index (χ4n) is 2.02. The zero-order valence-corrected chi connectivity index (χ0v) is 16.7. The number of carbonyl (C=O) groups excluding carboxylic acids is 1. The highest BCUT2D eigenvalue weighted by Gasteiger charge is 2.39. The van der Waals surface area contributed by atoms with E-state index >= 15 is 0 Å². The van der Waals surface area contributed by atoms with E-state index in [1.165, 1.54) is 12.2 Å². The van der Waals surface area contributed by atoms with Gasteiger partial charge in [-0.1, -0.05) is 33.8 Å². The molecular formula is C17H35NO3Si. The highest BCUT2D eigenvalue weighted by molar-refractivity contribution is 6.74. The third kappa shape index (κ3) is 6.63. The second-order valence-electron chi connectivity index (χ2n) is 7.52. The van der Waals surface area contributed by atoms with Crippen LogP contribution in [0.3, 0.4) is 0 Å². The lowest BCUT2D eigenvalue weighted by molar-refractivity contribution is -0.173. The van der Waals surface area contributed by atoms with Gasteiger partial charge in [0.15, 0.2) is 8.32 Å². The molecule has 0 aromatic carbocycles. The molecule has 0 spiro atoms. The molecule has 0 fully saturated rings. The van der Waals surface area contributed by atoms with Crippen molar-refractivity contribution < 1.29 is 14.1 Å². The van der Waals surface area contributed by atoms with E-state index in [1.807, 2.05) is 13.0 Å². The van der Waals surface area contributed by atoms with Crippen molar-refractivity contribution in [1.82, 2.24) is 5.06 Å². The summed E-state index contributed by atoms with van der Waals surface area (Å²) in [6.45, 7) is 16.9. The largest absolute Gasteiger partial charge is 0.414 e. The van der Waals surface area contributed by atoms with Crippen LogP contribution in [0.1, 0.15) is 47.0 Å². The average Bonchev–Trinajstić information content (AvgIpc) is 2.41. The molecule has 0 aliphatic carbocycles. The van der Waals surface area contributed by atoms with Crippen molar-refractivity contribution in [3.05, 3.63) is 12.7 Å². The Labute approximate surface area is 137 Å². The minimum absolute atomic E-state index is 0.00932. The number of carbonyl (C=O) groups is 1. The lowest BCUT2D eigenvalue weighted by atomic mass is 10.00. The van der Waals surface area contributed by atoms with Gasteiger partial charge in [0.1, 0.15) is 0 Å². The van der Waals surface area contributed by atoms with Crippen LogP contribution in [-0.4, -0.2) is 39.5 Å². The highest BCUT2D eigenvalue weighted by atomic mass is 28.4. The van der Waals surface area contributed by atoms with E-state index in [1.54, 1.807) is 7.05 Å². The molecule has 0 aromatic rings. The molecule has 0 rings (SSSR count). The molecule has 22 heavy (non-hydrogen) atoms. The molecule has 130 valence electrons. The van der Waals surface area contributed by atoms with Gasteiger partial charge in [-0.15, -0.1) is 6.58 Å². The second-order valence-corrected chi connectivity index (χ2v) is 12.3. The molecule has 0 aliphatic heterocycles. The SMILES string of the molecule is C=CCCC(CC(C)C(=O)N(C)OC)O[Si](C)(C)C(C)(C)C. The van der Waals surface area contributed by atoms with E-state index in [-0.39, 0.29) is 23.0 Å². The lowest BCUT2D eigenvalue weighted by Gasteiger charge is -2.40. The number of hydrogen-bond donors (Lipinski definition) is 0. The summed E-state index contributed by atoms with van der Waals surface area (Å²) in [5.74, 6) is -0.130. The van der Waals surface area contributed by atoms with Gasteiger partial charge in [-0.3, -0.25) is 9.63 Å². The Morgan fingerprint density at radius 3 is 2.32 bits per heavy atom. The highest BCUT2D eigenvalue weighted by Crippen LogP contribution is 2.38. The van der Waals surface area contributed by atoms with Gasteiger partial charge in [-0.05, 0) is 37.4 Å². The Kier molecular flexibility index (Phi) is 8.58. The van der Waals surface area contributed by atoms with Gasteiger partial charge in [0.25, 0.3) is 0 Å². The zero-order chi connectivity index (χ0) is 17.6. The van der Waals surface area contributed by atoms with Crippen LogP contribution in [0.5, 0.6) is 0 Å². The van der Waals surface area contributed by atoms with Crippen LogP contribution in [0.15, 0.2) is 12.7 Å². The first-order valence-corrected chi connectivity index (χ1v) is 11.0. The van der Waals surface area contributed by atoms with E-state index in [4.69, 9.17) is 9.26 Å². The number of hydroxylamine groups is 2. The summed E-state index contributed by atoms with van der Waals surface area (Å²) in [4.78, 5) is 17.2. The minimum Gasteiger partial charge on any atom is -0.414 e. The lowest BCUT2D eigenvalue weighted by Crippen LogP contribution is -2.45. The van der Waals surface area contributed by atoms with Gasteiger partial charge < -0.3 is 4.43 Å². The monoisotopic (exact) mass is 329 g/mol. The predicted octanol–water partition coefficient (Wildman–Crippen LogP) is 4.39. The Bertz CT molecular complexity index is 363. The molecule has 4 nitrogen and oxygen atoms in total. The van der Waals surface area contributed by atoms with Crippen molar-refractivity contribution in [3.8, 4) is 0 Å². The van der Waals surface area contributed by atoms with E-state index < -0.39 is 8.32 Å². The maximum absolute atomic E-state index is 12.2. The number of nitrogens with zero attached hydrogens (tertiary/aromatic N) is 1. The van der Waals surface area contributed by atoms with Gasteiger partial charge in [0, 0.05) is 19.1 Å². The van der Waals surface area contributed by atoms with Crippen LogP contribution in [0.4, 0.5) is 0 Å². The molecule has 0 aromatic heterocycles. The van der Waals surface area contributed by atoms with Gasteiger partial charge in [-0.25, -0.2) is 5.06 Å². The van der Waals surface area contributed by atoms with Crippen molar-refractivity contribution in [1.29, 1.82) is 0 Å². The predicted molar refractivity (Wildman–Crippen MR) is 95.1 cm³/mol. The third-order valence-electron chi connectivity index (χ3n) is 4.58. The molecule has 0 radical (unpaired) electrons. The third-order valence-corrected chi connectivity index (χ3v) is 9.12. The summed E-state index contributed by atoms with van der Waals surface area (Å²) in [5, 5.41) is 1.46. The molecule has 2 atom stereocenters. The number of allylic oxidation sites excluding steroid dienone is 1. The van der Waals surface area contributed by atoms with Crippen molar-refractivity contribution in [3.63, 3.8) is 0 Å². The molecule has 0 aliphatic rings. The molecule has 1 amide bonds.